The monoisotopic (exact) mass is 270 g/mol. The molecule has 5 nitrogen and oxygen atoms in total. The van der Waals surface area contributed by atoms with Crippen LogP contribution in [0.25, 0.3) is 0 Å². The van der Waals surface area contributed by atoms with Gasteiger partial charge in [-0.2, -0.15) is 0 Å². The Kier molecular flexibility index (Phi) is 2.86. The lowest BCUT2D eigenvalue weighted by Gasteiger charge is -2.39. The van der Waals surface area contributed by atoms with Crippen molar-refractivity contribution in [2.75, 3.05) is 18.0 Å². The molecule has 1 fully saturated rings. The van der Waals surface area contributed by atoms with Gasteiger partial charge in [-0.3, -0.25) is 4.79 Å². The number of nitrogens with two attached hydrogens (primary N) is 1. The van der Waals surface area contributed by atoms with Gasteiger partial charge in [-0.1, -0.05) is 0 Å². The van der Waals surface area contributed by atoms with Crippen molar-refractivity contribution in [3.05, 3.63) is 17.0 Å². The molecule has 1 aliphatic rings. The molecule has 6 heteroatoms. The van der Waals surface area contributed by atoms with E-state index in [0.29, 0.717) is 12.3 Å². The molecule has 0 aliphatic carbocycles. The topological polar surface area (TPSA) is 72.1 Å². The van der Waals surface area contributed by atoms with Gasteiger partial charge in [-0.05, 0) is 15.9 Å². The second kappa shape index (κ2) is 4.14. The number of hydrogen-bond donors (Lipinski definition) is 1. The largest absolute Gasteiger partial charge is 0.370 e. The summed E-state index contributed by atoms with van der Waals surface area (Å²) in [6.45, 7) is 1.67. The summed E-state index contributed by atoms with van der Waals surface area (Å²) in [5.41, 5.74) is 5.12. The maximum atomic E-state index is 10.7. The third-order valence-electron chi connectivity index (χ3n) is 2.38. The number of halogens is 1. The quantitative estimate of drug-likeness (QED) is 0.871. The summed E-state index contributed by atoms with van der Waals surface area (Å²) in [5, 5.41) is 0. The predicted octanol–water partition coefficient (Wildman–Crippen LogP) is 0.551. The molecule has 2 heterocycles. The number of anilines is 1. The summed E-state index contributed by atoms with van der Waals surface area (Å²) in [7, 11) is 0. The third-order valence-corrected chi connectivity index (χ3v) is 2.79. The summed E-state index contributed by atoms with van der Waals surface area (Å²) in [4.78, 5) is 21.0. The lowest BCUT2D eigenvalue weighted by atomic mass is 9.96. The molecule has 1 aromatic heterocycles. The van der Waals surface area contributed by atoms with Gasteiger partial charge in [-0.25, -0.2) is 9.97 Å². The Bertz CT molecular complexity index is 361. The number of carbonyl (C=O) groups is 1. The Morgan fingerprint density at radius 2 is 2.27 bits per heavy atom. The normalized spacial score (nSPS) is 16.2. The average molecular weight is 271 g/mol. The zero-order chi connectivity index (χ0) is 10.8. The summed E-state index contributed by atoms with van der Waals surface area (Å²) in [6.07, 6.45) is 3.84. The molecule has 0 aromatic carbocycles. The second-order valence-electron chi connectivity index (χ2n) is 3.64. The van der Waals surface area contributed by atoms with Gasteiger partial charge in [0, 0.05) is 25.4 Å². The van der Waals surface area contributed by atoms with E-state index in [4.69, 9.17) is 5.73 Å². The number of aromatic nitrogens is 2. The van der Waals surface area contributed by atoms with E-state index in [1.165, 1.54) is 0 Å². The Hall–Kier alpha value is -1.17. The molecule has 2 N–H and O–H groups in total. The standard InChI is InChI=1S/C9H11BrN4O/c10-7-2-13-9(3-12-7)14-4-6(5-14)1-8(11)15/h2-3,6H,1,4-5H2,(H2,11,15). The van der Waals surface area contributed by atoms with Crippen molar-refractivity contribution >= 4 is 27.7 Å². The molecule has 1 saturated heterocycles. The second-order valence-corrected chi connectivity index (χ2v) is 4.45. The van der Waals surface area contributed by atoms with Crippen LogP contribution in [0.2, 0.25) is 0 Å². The number of amides is 1. The van der Waals surface area contributed by atoms with Crippen molar-refractivity contribution in [1.82, 2.24) is 9.97 Å². The Morgan fingerprint density at radius 3 is 2.80 bits per heavy atom. The van der Waals surface area contributed by atoms with Crippen LogP contribution in [0.15, 0.2) is 17.0 Å². The van der Waals surface area contributed by atoms with Crippen molar-refractivity contribution in [2.24, 2.45) is 11.7 Å². The molecule has 0 bridgehead atoms. The molecule has 2 rings (SSSR count). The van der Waals surface area contributed by atoms with Crippen molar-refractivity contribution in [3.63, 3.8) is 0 Å². The Morgan fingerprint density at radius 1 is 1.53 bits per heavy atom. The predicted molar refractivity (Wildman–Crippen MR) is 59.2 cm³/mol. The molecule has 0 spiro atoms. The highest BCUT2D eigenvalue weighted by molar-refractivity contribution is 9.10. The molecule has 0 radical (unpaired) electrons. The van der Waals surface area contributed by atoms with Gasteiger partial charge < -0.3 is 10.6 Å². The van der Waals surface area contributed by atoms with Crippen LogP contribution in [0.1, 0.15) is 6.42 Å². The third kappa shape index (κ3) is 2.44. The summed E-state index contributed by atoms with van der Waals surface area (Å²) in [6, 6.07) is 0. The van der Waals surface area contributed by atoms with E-state index < -0.39 is 0 Å². The summed E-state index contributed by atoms with van der Waals surface area (Å²) >= 11 is 3.23. The van der Waals surface area contributed by atoms with Gasteiger partial charge in [0.05, 0.1) is 12.4 Å². The smallest absolute Gasteiger partial charge is 0.217 e. The van der Waals surface area contributed by atoms with Gasteiger partial charge in [-0.15, -0.1) is 0 Å². The Labute approximate surface area is 95.8 Å². The number of hydrogen-bond acceptors (Lipinski definition) is 4. The van der Waals surface area contributed by atoms with Gasteiger partial charge in [0.2, 0.25) is 5.91 Å². The first-order chi connectivity index (χ1) is 7.15. The zero-order valence-corrected chi connectivity index (χ0v) is 9.64. The SMILES string of the molecule is NC(=O)CC1CN(c2cnc(Br)cn2)C1. The van der Waals surface area contributed by atoms with E-state index in [0.717, 1.165) is 23.5 Å². The van der Waals surface area contributed by atoms with E-state index in [2.05, 4.69) is 30.8 Å². The molecule has 0 atom stereocenters. The molecular formula is C9H11BrN4O. The van der Waals surface area contributed by atoms with Crippen LogP contribution in [-0.4, -0.2) is 29.0 Å². The summed E-state index contributed by atoms with van der Waals surface area (Å²) in [5.74, 6) is 0.980. The summed E-state index contributed by atoms with van der Waals surface area (Å²) < 4.78 is 0.723. The van der Waals surface area contributed by atoms with Gasteiger partial charge in [0.15, 0.2) is 0 Å². The lowest BCUT2D eigenvalue weighted by Crippen LogP contribution is -2.48. The minimum Gasteiger partial charge on any atom is -0.370 e. The lowest BCUT2D eigenvalue weighted by molar-refractivity contribution is -0.119. The highest BCUT2D eigenvalue weighted by atomic mass is 79.9. The molecule has 0 saturated carbocycles. The highest BCUT2D eigenvalue weighted by Crippen LogP contribution is 2.24. The van der Waals surface area contributed by atoms with E-state index in [1.54, 1.807) is 12.4 Å². The van der Waals surface area contributed by atoms with Crippen LogP contribution in [0.3, 0.4) is 0 Å². The number of rotatable bonds is 3. The minimum atomic E-state index is -0.235. The fourth-order valence-corrected chi connectivity index (χ4v) is 1.84. The first kappa shape index (κ1) is 10.4. The highest BCUT2D eigenvalue weighted by Gasteiger charge is 2.28. The fraction of sp³-hybridized carbons (Fsp3) is 0.444. The maximum absolute atomic E-state index is 10.7. The van der Waals surface area contributed by atoms with E-state index in [9.17, 15) is 4.79 Å². The number of nitrogens with zero attached hydrogens (tertiary/aromatic N) is 3. The number of primary amides is 1. The van der Waals surface area contributed by atoms with Gasteiger partial charge in [0.25, 0.3) is 0 Å². The van der Waals surface area contributed by atoms with Gasteiger partial charge in [0.1, 0.15) is 10.4 Å². The number of carbonyl (C=O) groups excluding carboxylic acids is 1. The Balaban J connectivity index is 1.89. The van der Waals surface area contributed by atoms with Crippen molar-refractivity contribution in [2.45, 2.75) is 6.42 Å². The average Bonchev–Trinajstić information content (AvgIpc) is 2.12. The van der Waals surface area contributed by atoms with Crippen LogP contribution in [0.5, 0.6) is 0 Å². The van der Waals surface area contributed by atoms with Crippen LogP contribution in [-0.2, 0) is 4.79 Å². The molecule has 1 amide bonds. The first-order valence-electron chi connectivity index (χ1n) is 4.66. The van der Waals surface area contributed by atoms with Crippen LogP contribution in [0.4, 0.5) is 5.82 Å². The van der Waals surface area contributed by atoms with Crippen molar-refractivity contribution in [3.8, 4) is 0 Å². The minimum absolute atomic E-state index is 0.235. The van der Waals surface area contributed by atoms with Crippen LogP contribution >= 0.6 is 15.9 Å². The fourth-order valence-electron chi connectivity index (χ4n) is 1.64. The van der Waals surface area contributed by atoms with E-state index >= 15 is 0 Å². The molecule has 15 heavy (non-hydrogen) atoms. The van der Waals surface area contributed by atoms with Gasteiger partial charge >= 0.3 is 0 Å². The van der Waals surface area contributed by atoms with E-state index in [-0.39, 0.29) is 5.91 Å². The molecule has 1 aliphatic heterocycles. The molecule has 80 valence electrons. The van der Waals surface area contributed by atoms with Crippen LogP contribution < -0.4 is 10.6 Å². The van der Waals surface area contributed by atoms with E-state index in [1.807, 2.05) is 0 Å². The van der Waals surface area contributed by atoms with Crippen molar-refractivity contribution in [1.29, 1.82) is 0 Å². The first-order valence-corrected chi connectivity index (χ1v) is 5.45. The zero-order valence-electron chi connectivity index (χ0n) is 8.06. The van der Waals surface area contributed by atoms with Crippen LogP contribution in [0, 0.1) is 5.92 Å². The van der Waals surface area contributed by atoms with Crippen molar-refractivity contribution < 1.29 is 4.79 Å². The molecule has 1 aromatic rings. The maximum Gasteiger partial charge on any atom is 0.217 e. The molecule has 0 unspecified atom stereocenters. The molecular weight excluding hydrogens is 260 g/mol.